The number of aryl methyl sites for hydroxylation is 1. The molecule has 1 fully saturated rings. The lowest BCUT2D eigenvalue weighted by molar-refractivity contribution is -0.163. The van der Waals surface area contributed by atoms with Crippen molar-refractivity contribution in [1.82, 2.24) is 9.47 Å². The molecule has 0 spiro atoms. The lowest BCUT2D eigenvalue weighted by atomic mass is 9.97. The molecule has 0 saturated carbocycles. The highest BCUT2D eigenvalue weighted by Gasteiger charge is 2.46. The lowest BCUT2D eigenvalue weighted by Gasteiger charge is -2.29. The molecule has 1 aliphatic heterocycles. The zero-order chi connectivity index (χ0) is 27.8. The highest BCUT2D eigenvalue weighted by atomic mass is 32.2. The number of nitrogens with zero attached hydrogens (tertiary/aromatic N) is 2. The first kappa shape index (κ1) is 27.6. The third-order valence-electron chi connectivity index (χ3n) is 6.41. The minimum atomic E-state index is -5.35. The number of halogens is 6. The predicted octanol–water partition coefficient (Wildman–Crippen LogP) is 6.70. The largest absolute Gasteiger partial charge is 0.481 e. The summed E-state index contributed by atoms with van der Waals surface area (Å²) in [4.78, 5) is 24.5. The van der Waals surface area contributed by atoms with E-state index < -0.39 is 51.7 Å². The minimum Gasteiger partial charge on any atom is -0.481 e. The van der Waals surface area contributed by atoms with E-state index in [-0.39, 0.29) is 25.9 Å². The first-order valence-electron chi connectivity index (χ1n) is 11.5. The maximum Gasteiger partial charge on any atom is 0.418 e. The fourth-order valence-corrected chi connectivity index (χ4v) is 5.51. The predicted molar refractivity (Wildman–Crippen MR) is 129 cm³/mol. The van der Waals surface area contributed by atoms with E-state index >= 15 is 0 Å². The Hall–Kier alpha value is -3.41. The zero-order valence-electron chi connectivity index (χ0n) is 19.9. The van der Waals surface area contributed by atoms with Gasteiger partial charge < -0.3 is 14.6 Å². The smallest absolute Gasteiger partial charge is 0.418 e. The number of benzene rings is 2. The summed E-state index contributed by atoms with van der Waals surface area (Å²) in [5.41, 5.74) is -3.66. The maximum atomic E-state index is 14.1. The number of aromatic nitrogens is 1. The summed E-state index contributed by atoms with van der Waals surface area (Å²) in [6.07, 6.45) is -7.03. The lowest BCUT2D eigenvalue weighted by Crippen LogP contribution is -2.39. The van der Waals surface area contributed by atoms with E-state index in [0.717, 1.165) is 35.2 Å². The van der Waals surface area contributed by atoms with Gasteiger partial charge in [0, 0.05) is 53.1 Å². The van der Waals surface area contributed by atoms with Gasteiger partial charge in [-0.25, -0.2) is 0 Å². The molecule has 202 valence electrons. The molecule has 12 heteroatoms. The van der Waals surface area contributed by atoms with E-state index in [2.05, 4.69) is 0 Å². The molecule has 0 unspecified atom stereocenters. The number of carboxylic acids is 1. The summed E-state index contributed by atoms with van der Waals surface area (Å²) < 4.78 is 86.3. The number of carboxylic acid groups (broad SMARTS) is 1. The van der Waals surface area contributed by atoms with Crippen molar-refractivity contribution in [2.45, 2.75) is 35.0 Å². The Morgan fingerprint density at radius 2 is 1.63 bits per heavy atom. The molecule has 1 aliphatic rings. The van der Waals surface area contributed by atoms with Crippen LogP contribution in [-0.2, 0) is 29.0 Å². The first-order chi connectivity index (χ1) is 17.8. The zero-order valence-corrected chi connectivity index (χ0v) is 20.8. The Morgan fingerprint density at radius 1 is 0.974 bits per heavy atom. The maximum absolute atomic E-state index is 14.1. The van der Waals surface area contributed by atoms with Crippen molar-refractivity contribution in [3.63, 3.8) is 0 Å². The van der Waals surface area contributed by atoms with Crippen LogP contribution in [0.2, 0.25) is 0 Å². The van der Waals surface area contributed by atoms with Crippen molar-refractivity contribution in [2.75, 3.05) is 13.1 Å². The average Bonchev–Trinajstić information content (AvgIpc) is 3.21. The molecule has 1 N–H and O–H groups in total. The Kier molecular flexibility index (Phi) is 7.55. The molecule has 0 radical (unpaired) electrons. The number of alkyl halides is 6. The first-order valence-corrected chi connectivity index (χ1v) is 12.3. The molecule has 1 saturated heterocycles. The van der Waals surface area contributed by atoms with Crippen LogP contribution in [0.5, 0.6) is 0 Å². The monoisotopic (exact) mass is 556 g/mol. The highest BCUT2D eigenvalue weighted by molar-refractivity contribution is 7.99. The molecule has 1 amide bonds. The normalized spacial score (nSPS) is 15.5. The third kappa shape index (κ3) is 5.85. The molecule has 5 nitrogen and oxygen atoms in total. The highest BCUT2D eigenvalue weighted by Crippen LogP contribution is 2.48. The number of aliphatic carboxylic acids is 1. The fourth-order valence-electron chi connectivity index (χ4n) is 4.47. The van der Waals surface area contributed by atoms with E-state index in [9.17, 15) is 35.9 Å². The van der Waals surface area contributed by atoms with Gasteiger partial charge >= 0.3 is 18.3 Å². The van der Waals surface area contributed by atoms with Crippen LogP contribution in [-0.4, -0.2) is 39.5 Å². The second kappa shape index (κ2) is 10.4. The van der Waals surface area contributed by atoms with Crippen LogP contribution in [0, 0.1) is 5.92 Å². The summed E-state index contributed by atoms with van der Waals surface area (Å²) in [5.74, 6) is -2.32. The Bertz CT molecular complexity index is 1400. The number of likely N-dealkylation sites (tertiary alicyclic amines) is 1. The van der Waals surface area contributed by atoms with Crippen LogP contribution in [0.15, 0.2) is 58.5 Å². The summed E-state index contributed by atoms with van der Waals surface area (Å²) in [6.45, 7) is 0.169. The second-order valence-corrected chi connectivity index (χ2v) is 10.0. The Labute approximate surface area is 217 Å². The third-order valence-corrected chi connectivity index (χ3v) is 7.46. The van der Waals surface area contributed by atoms with Crippen LogP contribution in [0.1, 0.15) is 29.5 Å². The molecule has 2 aromatic carbocycles. The summed E-state index contributed by atoms with van der Waals surface area (Å²) in [7, 11) is 1.79. The van der Waals surface area contributed by atoms with Gasteiger partial charge in [0.25, 0.3) is 0 Å². The molecule has 2 heterocycles. The van der Waals surface area contributed by atoms with Gasteiger partial charge in [0.1, 0.15) is 0 Å². The van der Waals surface area contributed by atoms with E-state index in [1.165, 1.54) is 4.90 Å². The average molecular weight is 557 g/mol. The Morgan fingerprint density at radius 3 is 2.24 bits per heavy atom. The summed E-state index contributed by atoms with van der Waals surface area (Å²) in [5, 5.41) is 9.79. The van der Waals surface area contributed by atoms with Gasteiger partial charge in [-0.2, -0.15) is 26.3 Å². The topological polar surface area (TPSA) is 62.5 Å². The number of hydrogen-bond donors (Lipinski definition) is 1. The van der Waals surface area contributed by atoms with Gasteiger partial charge in [0.05, 0.1) is 17.0 Å². The molecular formula is C26H22F6N2O3S. The molecule has 3 aromatic rings. The van der Waals surface area contributed by atoms with Gasteiger partial charge in [-0.3, -0.25) is 9.59 Å². The van der Waals surface area contributed by atoms with Gasteiger partial charge in [0.2, 0.25) is 5.91 Å². The minimum absolute atomic E-state index is 0.0847. The number of carbonyl (C=O) groups is 2. The van der Waals surface area contributed by atoms with Crippen molar-refractivity contribution in [3.8, 4) is 0 Å². The van der Waals surface area contributed by atoms with Gasteiger partial charge in [-0.1, -0.05) is 17.8 Å². The standard InChI is InChI=1S/C26H22F6N2O3S/c1-33-11-8-17-14-18(4-5-19(17)33)38-20-6-2-15(22(25(27,28)29)23(20)26(30,31)32)3-7-21(35)34-12-9-16(10-13-34)24(36)37/h2-8,11,14,16H,9-10,12-13H2,1H3,(H,36,37)/b7-3+. The number of piperidine rings is 1. The van der Waals surface area contributed by atoms with Crippen LogP contribution in [0.4, 0.5) is 26.3 Å². The molecule has 0 bridgehead atoms. The number of amides is 1. The quantitative estimate of drug-likeness (QED) is 0.281. The molecule has 38 heavy (non-hydrogen) atoms. The second-order valence-electron chi connectivity index (χ2n) is 8.92. The van der Waals surface area contributed by atoms with E-state index in [1.54, 1.807) is 37.5 Å². The van der Waals surface area contributed by atoms with E-state index in [4.69, 9.17) is 5.11 Å². The molecular weight excluding hydrogens is 534 g/mol. The number of carbonyl (C=O) groups excluding carboxylic acids is 1. The van der Waals surface area contributed by atoms with E-state index in [1.807, 2.05) is 4.57 Å². The van der Waals surface area contributed by atoms with Crippen molar-refractivity contribution >= 4 is 40.6 Å². The molecule has 0 atom stereocenters. The molecule has 4 rings (SSSR count). The van der Waals surface area contributed by atoms with E-state index in [0.29, 0.717) is 16.7 Å². The van der Waals surface area contributed by atoms with Crippen LogP contribution in [0.25, 0.3) is 17.0 Å². The summed E-state index contributed by atoms with van der Waals surface area (Å²) in [6, 6.07) is 8.47. The van der Waals surface area contributed by atoms with Crippen molar-refractivity contribution < 1.29 is 41.0 Å². The number of hydrogen-bond acceptors (Lipinski definition) is 3. The van der Waals surface area contributed by atoms with Gasteiger partial charge in [-0.15, -0.1) is 0 Å². The number of fused-ring (bicyclic) bond motifs is 1. The van der Waals surface area contributed by atoms with Gasteiger partial charge in [0.15, 0.2) is 0 Å². The summed E-state index contributed by atoms with van der Waals surface area (Å²) >= 11 is 0.577. The van der Waals surface area contributed by atoms with Gasteiger partial charge in [-0.05, 0) is 54.8 Å². The SMILES string of the molecule is Cn1ccc2cc(Sc3ccc(/C=C/C(=O)N4CCC(C(=O)O)CC4)c(C(F)(F)F)c3C(F)(F)F)ccc21. The van der Waals surface area contributed by atoms with Crippen LogP contribution >= 0.6 is 11.8 Å². The molecule has 0 aliphatic carbocycles. The van der Waals surface area contributed by atoms with Crippen molar-refractivity contribution in [2.24, 2.45) is 13.0 Å². The van der Waals surface area contributed by atoms with Crippen molar-refractivity contribution in [3.05, 3.63) is 65.4 Å². The Balaban J connectivity index is 1.68. The van der Waals surface area contributed by atoms with Crippen molar-refractivity contribution in [1.29, 1.82) is 0 Å². The fraction of sp³-hybridized carbons (Fsp3) is 0.308. The number of rotatable bonds is 5. The molecule has 1 aromatic heterocycles. The van der Waals surface area contributed by atoms with Crippen LogP contribution in [0.3, 0.4) is 0 Å². The van der Waals surface area contributed by atoms with Crippen LogP contribution < -0.4 is 0 Å².